The molecule has 0 spiro atoms. The van der Waals surface area contributed by atoms with Crippen LogP contribution in [0.25, 0.3) is 0 Å². The van der Waals surface area contributed by atoms with Gasteiger partial charge in [-0.3, -0.25) is 4.79 Å². The molecule has 1 aromatic rings. The van der Waals surface area contributed by atoms with Crippen LogP contribution in [-0.2, 0) is 4.79 Å². The highest BCUT2D eigenvalue weighted by Gasteiger charge is 2.23. The van der Waals surface area contributed by atoms with Gasteiger partial charge in [0.25, 0.3) is 5.91 Å². The van der Waals surface area contributed by atoms with E-state index in [-0.39, 0.29) is 18.6 Å². The molecular weight excluding hydrogens is 380 g/mol. The Balaban J connectivity index is 1.78. The number of nitrogens with one attached hydrogen (secondary N) is 2. The first-order valence-electron chi connectivity index (χ1n) is 8.21. The third-order valence-corrected chi connectivity index (χ3v) is 4.94. The highest BCUT2D eigenvalue weighted by molar-refractivity contribution is 9.10. The first-order chi connectivity index (χ1) is 11.0. The second-order valence-corrected chi connectivity index (χ2v) is 7.49. The molecule has 0 atom stereocenters. The Morgan fingerprint density at radius 2 is 2.13 bits per heavy atom. The average Bonchev–Trinajstić information content (AvgIpc) is 2.48. The Kier molecular flexibility index (Phi) is 7.18. The fourth-order valence-electron chi connectivity index (χ4n) is 3.05. The van der Waals surface area contributed by atoms with Crippen molar-refractivity contribution in [2.45, 2.75) is 39.2 Å². The van der Waals surface area contributed by atoms with E-state index in [1.54, 1.807) is 11.0 Å². The van der Waals surface area contributed by atoms with Gasteiger partial charge in [0.2, 0.25) is 0 Å². The number of hydrogen-bond donors (Lipinski definition) is 2. The summed E-state index contributed by atoms with van der Waals surface area (Å²) in [6, 6.07) is 3.97. The Hall–Kier alpha value is -0.780. The number of amides is 1. The molecule has 1 heterocycles. The smallest absolute Gasteiger partial charge is 0.258 e. The van der Waals surface area contributed by atoms with Crippen LogP contribution < -0.4 is 15.0 Å². The maximum Gasteiger partial charge on any atom is 0.258 e. The summed E-state index contributed by atoms with van der Waals surface area (Å²) in [6.45, 7) is 7.63. The molecule has 1 aliphatic rings. The van der Waals surface area contributed by atoms with Crippen molar-refractivity contribution >= 4 is 33.4 Å². The van der Waals surface area contributed by atoms with Crippen LogP contribution in [-0.4, -0.2) is 38.2 Å². The number of ether oxygens (including phenoxy) is 1. The van der Waals surface area contributed by atoms with Gasteiger partial charge in [0.1, 0.15) is 5.75 Å². The molecule has 0 unspecified atom stereocenters. The Morgan fingerprint density at radius 1 is 1.43 bits per heavy atom. The van der Waals surface area contributed by atoms with E-state index >= 15 is 0 Å². The van der Waals surface area contributed by atoms with Crippen molar-refractivity contribution in [1.82, 2.24) is 5.32 Å². The van der Waals surface area contributed by atoms with E-state index in [0.29, 0.717) is 10.8 Å². The van der Waals surface area contributed by atoms with Gasteiger partial charge in [-0.15, -0.1) is 0 Å². The molecule has 23 heavy (non-hydrogen) atoms. The Labute approximate surface area is 151 Å². The molecule has 1 fully saturated rings. The first kappa shape index (κ1) is 18.6. The van der Waals surface area contributed by atoms with Crippen LogP contribution in [0.4, 0.5) is 0 Å². The SMILES string of the molecule is CCC[NH+]1CCC(NC(=O)COc2c(C)cc(Br)cc2Cl)CC1. The lowest BCUT2D eigenvalue weighted by Gasteiger charge is -2.29. The maximum atomic E-state index is 12.1. The predicted octanol–water partition coefficient (Wildman–Crippen LogP) is 2.36. The molecule has 2 N–H and O–H groups in total. The molecule has 1 saturated heterocycles. The highest BCUT2D eigenvalue weighted by atomic mass is 79.9. The third kappa shape index (κ3) is 5.66. The van der Waals surface area contributed by atoms with Crippen LogP contribution in [0.5, 0.6) is 5.75 Å². The number of quaternary nitrogens is 1. The zero-order valence-corrected chi connectivity index (χ0v) is 16.1. The summed E-state index contributed by atoms with van der Waals surface area (Å²) in [5.74, 6) is 0.500. The normalized spacial score (nSPS) is 21.0. The number of piperidine rings is 1. The molecule has 6 heteroatoms. The third-order valence-electron chi connectivity index (χ3n) is 4.20. The summed E-state index contributed by atoms with van der Waals surface area (Å²) in [4.78, 5) is 13.7. The van der Waals surface area contributed by atoms with Crippen molar-refractivity contribution in [1.29, 1.82) is 0 Å². The number of benzene rings is 1. The number of carbonyl (C=O) groups is 1. The van der Waals surface area contributed by atoms with Crippen molar-refractivity contribution in [3.8, 4) is 5.75 Å². The molecular formula is C17H25BrClN2O2+. The molecule has 1 amide bonds. The summed E-state index contributed by atoms with van der Waals surface area (Å²) in [5, 5.41) is 3.59. The summed E-state index contributed by atoms with van der Waals surface area (Å²) in [7, 11) is 0. The van der Waals surface area contributed by atoms with Crippen molar-refractivity contribution in [3.05, 3.63) is 27.2 Å². The first-order valence-corrected chi connectivity index (χ1v) is 9.38. The van der Waals surface area contributed by atoms with Gasteiger partial charge < -0.3 is 15.0 Å². The van der Waals surface area contributed by atoms with Crippen LogP contribution in [0.1, 0.15) is 31.7 Å². The van der Waals surface area contributed by atoms with Gasteiger partial charge in [0, 0.05) is 23.4 Å². The minimum absolute atomic E-state index is 0.00419. The second-order valence-electron chi connectivity index (χ2n) is 6.16. The van der Waals surface area contributed by atoms with Gasteiger partial charge in [0.05, 0.1) is 24.7 Å². The molecule has 128 valence electrons. The minimum atomic E-state index is -0.0765. The summed E-state index contributed by atoms with van der Waals surface area (Å²) in [5.41, 5.74) is 0.911. The van der Waals surface area contributed by atoms with Crippen molar-refractivity contribution in [3.63, 3.8) is 0 Å². The quantitative estimate of drug-likeness (QED) is 0.764. The molecule has 2 rings (SSSR count). The Morgan fingerprint density at radius 3 is 2.74 bits per heavy atom. The molecule has 0 aromatic heterocycles. The summed E-state index contributed by atoms with van der Waals surface area (Å²) >= 11 is 9.55. The van der Waals surface area contributed by atoms with Crippen LogP contribution in [0.3, 0.4) is 0 Å². The van der Waals surface area contributed by atoms with Gasteiger partial charge >= 0.3 is 0 Å². The molecule has 1 aromatic carbocycles. The summed E-state index contributed by atoms with van der Waals surface area (Å²) in [6.07, 6.45) is 3.30. The van der Waals surface area contributed by atoms with Crippen LogP contribution in [0, 0.1) is 6.92 Å². The summed E-state index contributed by atoms with van der Waals surface area (Å²) < 4.78 is 6.52. The number of carbonyl (C=O) groups excluding carboxylic acids is 1. The van der Waals surface area contributed by atoms with Crippen molar-refractivity contribution in [2.75, 3.05) is 26.2 Å². The topological polar surface area (TPSA) is 42.8 Å². The van der Waals surface area contributed by atoms with Crippen LogP contribution in [0.15, 0.2) is 16.6 Å². The molecule has 1 aliphatic heterocycles. The molecule has 0 aliphatic carbocycles. The maximum absolute atomic E-state index is 12.1. The lowest BCUT2D eigenvalue weighted by atomic mass is 10.0. The molecule has 0 bridgehead atoms. The highest BCUT2D eigenvalue weighted by Crippen LogP contribution is 2.31. The zero-order chi connectivity index (χ0) is 16.8. The second kappa shape index (κ2) is 8.90. The van der Waals surface area contributed by atoms with Gasteiger partial charge in [0.15, 0.2) is 6.61 Å². The number of aryl methyl sites for hydroxylation is 1. The van der Waals surface area contributed by atoms with Gasteiger partial charge in [-0.2, -0.15) is 0 Å². The molecule has 0 saturated carbocycles. The van der Waals surface area contributed by atoms with Crippen LogP contribution >= 0.6 is 27.5 Å². The van der Waals surface area contributed by atoms with Crippen LogP contribution in [0.2, 0.25) is 5.02 Å². The van der Waals surface area contributed by atoms with Gasteiger partial charge in [-0.25, -0.2) is 0 Å². The largest absolute Gasteiger partial charge is 0.482 e. The van der Waals surface area contributed by atoms with Gasteiger partial charge in [-0.05, 0) is 31.0 Å². The van der Waals surface area contributed by atoms with E-state index in [9.17, 15) is 4.79 Å². The Bertz CT molecular complexity index is 522. The van der Waals surface area contributed by atoms with E-state index in [1.807, 2.05) is 13.0 Å². The van der Waals surface area contributed by atoms with Crippen molar-refractivity contribution < 1.29 is 14.4 Å². The average molecular weight is 405 g/mol. The number of halogens is 2. The minimum Gasteiger partial charge on any atom is -0.482 e. The van der Waals surface area contributed by atoms with Crippen molar-refractivity contribution in [2.24, 2.45) is 0 Å². The van der Waals surface area contributed by atoms with E-state index in [1.165, 1.54) is 13.0 Å². The van der Waals surface area contributed by atoms with E-state index in [2.05, 4.69) is 28.2 Å². The number of hydrogen-bond acceptors (Lipinski definition) is 2. The monoisotopic (exact) mass is 403 g/mol. The number of likely N-dealkylation sites (tertiary alicyclic amines) is 1. The lowest BCUT2D eigenvalue weighted by molar-refractivity contribution is -0.905. The fourth-order valence-corrected chi connectivity index (χ4v) is 4.08. The predicted molar refractivity (Wildman–Crippen MR) is 96.4 cm³/mol. The van der Waals surface area contributed by atoms with E-state index in [0.717, 1.165) is 36.0 Å². The zero-order valence-electron chi connectivity index (χ0n) is 13.8. The number of rotatable bonds is 6. The van der Waals surface area contributed by atoms with E-state index < -0.39 is 0 Å². The fraction of sp³-hybridized carbons (Fsp3) is 0.588. The standard InChI is InChI=1S/C17H24BrClN2O2/c1-3-6-21-7-4-14(5-8-21)20-16(22)11-23-17-12(2)9-13(18)10-15(17)19/h9-10,14H,3-8,11H2,1-2H3,(H,20,22)/p+1. The van der Waals surface area contributed by atoms with Gasteiger partial charge in [-0.1, -0.05) is 34.5 Å². The molecule has 0 radical (unpaired) electrons. The van der Waals surface area contributed by atoms with E-state index in [4.69, 9.17) is 16.3 Å². The lowest BCUT2D eigenvalue weighted by Crippen LogP contribution is -3.13. The molecule has 4 nitrogen and oxygen atoms in total.